The predicted octanol–water partition coefficient (Wildman–Crippen LogP) is 5.07. The number of benzene rings is 1. The zero-order chi connectivity index (χ0) is 18.1. The monoisotopic (exact) mass is 359 g/mol. The standard InChI is InChI=1S/C19H25N3O2S/c1-3-4-5-6-7-11-18(24)21-16-10-8-9-15(12-16)17-13-25-19(22-17)20-14(2)23/h8-10,12-13H,3-7,11H2,1-2H3,(H,21,24)(H,20,22,23). The van der Waals surface area contributed by atoms with Gasteiger partial charge in [0, 0.05) is 30.0 Å². The molecule has 25 heavy (non-hydrogen) atoms. The molecule has 0 aliphatic rings. The highest BCUT2D eigenvalue weighted by Gasteiger charge is 2.08. The second-order valence-electron chi connectivity index (χ2n) is 6.01. The number of aromatic nitrogens is 1. The van der Waals surface area contributed by atoms with E-state index >= 15 is 0 Å². The third kappa shape index (κ3) is 6.66. The summed E-state index contributed by atoms with van der Waals surface area (Å²) in [6.07, 6.45) is 6.22. The molecule has 1 aromatic heterocycles. The zero-order valence-electron chi connectivity index (χ0n) is 14.8. The van der Waals surface area contributed by atoms with Gasteiger partial charge < -0.3 is 10.6 Å². The van der Waals surface area contributed by atoms with Gasteiger partial charge in [-0.3, -0.25) is 9.59 Å². The van der Waals surface area contributed by atoms with Crippen molar-refractivity contribution < 1.29 is 9.59 Å². The smallest absolute Gasteiger partial charge is 0.224 e. The Kier molecular flexibility index (Phi) is 7.60. The number of hydrogen-bond donors (Lipinski definition) is 2. The van der Waals surface area contributed by atoms with Crippen LogP contribution in [0.2, 0.25) is 0 Å². The molecule has 0 aliphatic carbocycles. The Morgan fingerprint density at radius 3 is 2.68 bits per heavy atom. The Balaban J connectivity index is 1.91. The maximum atomic E-state index is 12.0. The van der Waals surface area contributed by atoms with Crippen molar-refractivity contribution in [2.45, 2.75) is 52.4 Å². The van der Waals surface area contributed by atoms with Crippen LogP contribution in [0.15, 0.2) is 29.6 Å². The average molecular weight is 359 g/mol. The third-order valence-electron chi connectivity index (χ3n) is 3.74. The first-order valence-corrected chi connectivity index (χ1v) is 9.60. The average Bonchev–Trinajstić information content (AvgIpc) is 3.02. The Labute approximate surface area is 152 Å². The molecule has 0 saturated carbocycles. The van der Waals surface area contributed by atoms with Crippen LogP contribution in [0.1, 0.15) is 52.4 Å². The van der Waals surface area contributed by atoms with Crippen LogP contribution in [-0.4, -0.2) is 16.8 Å². The number of nitrogens with zero attached hydrogens (tertiary/aromatic N) is 1. The van der Waals surface area contributed by atoms with Crippen molar-refractivity contribution in [2.24, 2.45) is 0 Å². The summed E-state index contributed by atoms with van der Waals surface area (Å²) in [6, 6.07) is 7.61. The molecule has 6 heteroatoms. The molecule has 0 atom stereocenters. The molecule has 0 aliphatic heterocycles. The summed E-state index contributed by atoms with van der Waals surface area (Å²) in [4.78, 5) is 27.5. The Morgan fingerprint density at radius 1 is 1.12 bits per heavy atom. The lowest BCUT2D eigenvalue weighted by atomic mass is 10.1. The lowest BCUT2D eigenvalue weighted by molar-refractivity contribution is -0.116. The Hall–Kier alpha value is -2.21. The minimum absolute atomic E-state index is 0.0471. The fourth-order valence-corrected chi connectivity index (χ4v) is 3.25. The summed E-state index contributed by atoms with van der Waals surface area (Å²) in [5.41, 5.74) is 2.46. The van der Waals surface area contributed by atoms with Crippen molar-refractivity contribution in [1.82, 2.24) is 4.98 Å². The van der Waals surface area contributed by atoms with E-state index in [1.165, 1.54) is 37.5 Å². The van der Waals surface area contributed by atoms with Gasteiger partial charge in [0.15, 0.2) is 5.13 Å². The lowest BCUT2D eigenvalue weighted by Gasteiger charge is -2.07. The van der Waals surface area contributed by atoms with Crippen LogP contribution in [0.3, 0.4) is 0 Å². The highest BCUT2D eigenvalue weighted by atomic mass is 32.1. The first-order chi connectivity index (χ1) is 12.1. The Bertz CT molecular complexity index is 712. The molecular weight excluding hydrogens is 334 g/mol. The van der Waals surface area contributed by atoms with Gasteiger partial charge in [-0.25, -0.2) is 4.98 Å². The number of hydrogen-bond acceptors (Lipinski definition) is 4. The molecule has 0 fully saturated rings. The number of unbranched alkanes of at least 4 members (excludes halogenated alkanes) is 4. The van der Waals surface area contributed by atoms with E-state index in [2.05, 4.69) is 22.5 Å². The largest absolute Gasteiger partial charge is 0.326 e. The minimum Gasteiger partial charge on any atom is -0.326 e. The number of anilines is 2. The van der Waals surface area contributed by atoms with Gasteiger partial charge in [0.2, 0.25) is 11.8 Å². The van der Waals surface area contributed by atoms with Gasteiger partial charge >= 0.3 is 0 Å². The van der Waals surface area contributed by atoms with E-state index in [0.29, 0.717) is 11.6 Å². The van der Waals surface area contributed by atoms with Gasteiger partial charge in [0.25, 0.3) is 0 Å². The maximum absolute atomic E-state index is 12.0. The lowest BCUT2D eigenvalue weighted by Crippen LogP contribution is -2.11. The number of amides is 2. The molecule has 1 aromatic carbocycles. The van der Waals surface area contributed by atoms with Crippen LogP contribution in [0.4, 0.5) is 10.8 Å². The SMILES string of the molecule is CCCCCCCC(=O)Nc1cccc(-c2csc(NC(C)=O)n2)c1. The van der Waals surface area contributed by atoms with Gasteiger partial charge in [-0.2, -0.15) is 0 Å². The fraction of sp³-hybridized carbons (Fsp3) is 0.421. The first-order valence-electron chi connectivity index (χ1n) is 8.72. The molecule has 0 bridgehead atoms. The molecular formula is C19H25N3O2S. The minimum atomic E-state index is -0.138. The Morgan fingerprint density at radius 2 is 1.92 bits per heavy atom. The van der Waals surface area contributed by atoms with E-state index in [-0.39, 0.29) is 11.8 Å². The molecule has 2 amide bonds. The van der Waals surface area contributed by atoms with Crippen LogP contribution in [0.5, 0.6) is 0 Å². The van der Waals surface area contributed by atoms with Crippen molar-refractivity contribution in [3.8, 4) is 11.3 Å². The summed E-state index contributed by atoms with van der Waals surface area (Å²) >= 11 is 1.38. The zero-order valence-corrected chi connectivity index (χ0v) is 15.6. The number of nitrogens with one attached hydrogen (secondary N) is 2. The second-order valence-corrected chi connectivity index (χ2v) is 6.87. The van der Waals surface area contributed by atoms with E-state index in [1.54, 1.807) is 0 Å². The van der Waals surface area contributed by atoms with E-state index in [4.69, 9.17) is 0 Å². The number of carbonyl (C=O) groups excluding carboxylic acids is 2. The van der Waals surface area contributed by atoms with Crippen molar-refractivity contribution in [2.75, 3.05) is 10.6 Å². The molecule has 0 spiro atoms. The van der Waals surface area contributed by atoms with Gasteiger partial charge in [0.05, 0.1) is 5.69 Å². The van der Waals surface area contributed by atoms with Crippen molar-refractivity contribution in [3.05, 3.63) is 29.6 Å². The normalized spacial score (nSPS) is 10.5. The molecule has 1 heterocycles. The van der Waals surface area contributed by atoms with E-state index < -0.39 is 0 Å². The first kappa shape index (κ1) is 19.1. The van der Waals surface area contributed by atoms with Crippen molar-refractivity contribution >= 4 is 34.0 Å². The molecule has 2 aromatic rings. The molecule has 0 radical (unpaired) electrons. The van der Waals surface area contributed by atoms with E-state index in [1.807, 2.05) is 29.6 Å². The van der Waals surface area contributed by atoms with Gasteiger partial charge in [-0.15, -0.1) is 11.3 Å². The molecule has 0 unspecified atom stereocenters. The second kappa shape index (κ2) is 9.93. The predicted molar refractivity (Wildman–Crippen MR) is 104 cm³/mol. The molecule has 2 rings (SSSR count). The molecule has 134 valence electrons. The van der Waals surface area contributed by atoms with Crippen LogP contribution in [0, 0.1) is 0 Å². The maximum Gasteiger partial charge on any atom is 0.224 e. The fourth-order valence-electron chi connectivity index (χ4n) is 2.48. The summed E-state index contributed by atoms with van der Waals surface area (Å²) < 4.78 is 0. The number of carbonyl (C=O) groups is 2. The topological polar surface area (TPSA) is 71.1 Å². The molecule has 2 N–H and O–H groups in total. The summed E-state index contributed by atoms with van der Waals surface area (Å²) in [6.45, 7) is 3.64. The summed E-state index contributed by atoms with van der Waals surface area (Å²) in [7, 11) is 0. The van der Waals surface area contributed by atoms with Crippen molar-refractivity contribution in [1.29, 1.82) is 0 Å². The van der Waals surface area contributed by atoms with Crippen LogP contribution >= 0.6 is 11.3 Å². The van der Waals surface area contributed by atoms with Crippen molar-refractivity contribution in [3.63, 3.8) is 0 Å². The van der Waals surface area contributed by atoms with Crippen LogP contribution in [0.25, 0.3) is 11.3 Å². The molecule has 0 saturated heterocycles. The van der Waals surface area contributed by atoms with Gasteiger partial charge in [-0.05, 0) is 18.6 Å². The third-order valence-corrected chi connectivity index (χ3v) is 4.49. The van der Waals surface area contributed by atoms with Crippen LogP contribution in [-0.2, 0) is 9.59 Å². The highest BCUT2D eigenvalue weighted by Crippen LogP contribution is 2.26. The number of rotatable bonds is 9. The van der Waals surface area contributed by atoms with E-state index in [9.17, 15) is 9.59 Å². The van der Waals surface area contributed by atoms with Crippen LogP contribution < -0.4 is 10.6 Å². The van der Waals surface area contributed by atoms with Gasteiger partial charge in [0.1, 0.15) is 0 Å². The van der Waals surface area contributed by atoms with Gasteiger partial charge in [-0.1, -0.05) is 44.7 Å². The van der Waals surface area contributed by atoms with E-state index in [0.717, 1.165) is 29.8 Å². The summed E-state index contributed by atoms with van der Waals surface area (Å²) in [5.74, 6) is -0.0910. The number of thiazole rings is 1. The molecule has 5 nitrogen and oxygen atoms in total. The summed E-state index contributed by atoms with van der Waals surface area (Å²) in [5, 5.41) is 8.09. The quantitative estimate of drug-likeness (QED) is 0.614. The highest BCUT2D eigenvalue weighted by molar-refractivity contribution is 7.14.